The zero-order valence-corrected chi connectivity index (χ0v) is 35.3. The van der Waals surface area contributed by atoms with Gasteiger partial charge in [0.05, 0.1) is 6.61 Å². The Morgan fingerprint density at radius 2 is 1.22 bits per heavy atom. The summed E-state index contributed by atoms with van der Waals surface area (Å²) in [4.78, 5) is 21.9. The molecule has 0 fully saturated rings. The van der Waals surface area contributed by atoms with Gasteiger partial charge >= 0.3 is 0 Å². The second-order valence-electron chi connectivity index (χ2n) is 17.1. The molecule has 0 radical (unpaired) electrons. The molecule has 0 bridgehead atoms. The minimum atomic E-state index is -2.30. The summed E-state index contributed by atoms with van der Waals surface area (Å²) in [5.41, 5.74) is 8.65. The lowest BCUT2D eigenvalue weighted by Gasteiger charge is -2.38. The van der Waals surface area contributed by atoms with Gasteiger partial charge in [-0.15, -0.1) is 0 Å². The molecule has 0 unspecified atom stereocenters. The van der Waals surface area contributed by atoms with E-state index in [9.17, 15) is 14.7 Å². The van der Waals surface area contributed by atoms with Gasteiger partial charge in [0, 0.05) is 6.61 Å². The van der Waals surface area contributed by atoms with Crippen LogP contribution in [-0.2, 0) is 19.3 Å². The Hall–Kier alpha value is -2.23. The van der Waals surface area contributed by atoms with Gasteiger partial charge in [0.2, 0.25) is 0 Å². The van der Waals surface area contributed by atoms with E-state index in [4.69, 9.17) is 4.74 Å². The van der Waals surface area contributed by atoms with E-state index in [1.165, 1.54) is 47.1 Å². The smallest absolute Gasteiger partial charge is 0.188 e. The maximum absolute atomic E-state index is 10.9. The first-order valence-electron chi connectivity index (χ1n) is 19.5. The van der Waals surface area contributed by atoms with Crippen LogP contribution in [0.4, 0.5) is 0 Å². The topological polar surface area (TPSA) is 69.9 Å². The number of hydrogen-bond acceptors (Lipinski definition) is 4. The van der Waals surface area contributed by atoms with Crippen molar-refractivity contribution < 1.29 is 19.4 Å². The van der Waals surface area contributed by atoms with Crippen molar-refractivity contribution in [2.24, 2.45) is 5.92 Å². The van der Waals surface area contributed by atoms with Crippen LogP contribution in [0.15, 0.2) is 60.7 Å². The molecule has 0 aliphatic carbocycles. The van der Waals surface area contributed by atoms with Gasteiger partial charge in [0.1, 0.15) is 5.75 Å². The molecule has 0 atom stereocenters. The summed E-state index contributed by atoms with van der Waals surface area (Å²) in [6.45, 7) is 22.2. The monoisotopic (exact) mass is 718 g/mol. The Labute approximate surface area is 308 Å². The highest BCUT2D eigenvalue weighted by atomic mass is 28.4. The van der Waals surface area contributed by atoms with Gasteiger partial charge < -0.3 is 19.4 Å². The average Bonchev–Trinajstić information content (AvgIpc) is 3.05. The largest absolute Gasteiger partial charge is 0.493 e. The first-order valence-corrected chi connectivity index (χ1v) is 25.4. The van der Waals surface area contributed by atoms with E-state index in [1.807, 2.05) is 26.2 Å². The minimum Gasteiger partial charge on any atom is -0.493 e. The maximum Gasteiger partial charge on any atom is 0.188 e. The van der Waals surface area contributed by atoms with Crippen LogP contribution in [0, 0.1) is 5.92 Å². The standard InChI is InChI=1S/C44H70O4Si2/c1-11-13-14-15-34-16-18-37(19-17-34)38-20-22-41(36(12-2)32-38)39-21-23-42(40(33-39)26-30-45)48-31-27-35(24-28-43(3,4)49(7,8)46)25-29-44(5,6)50(9,10)47/h16-23,32-33,35,45-47H,11-15,24-31H2,1-10H3. The third-order valence-electron chi connectivity index (χ3n) is 12.0. The molecule has 0 heterocycles. The van der Waals surface area contributed by atoms with Crippen LogP contribution < -0.4 is 4.74 Å². The van der Waals surface area contributed by atoms with Crippen molar-refractivity contribution in [2.75, 3.05) is 13.2 Å². The SMILES string of the molecule is CCCCCc1ccc(-c2ccc(-c3ccc(OCCC(CCC(C)(C)[Si](C)(C)O)CCC(C)(C)[Si](C)(C)O)c(CCO)c3)c(CC)c2)cc1. The normalized spacial score (nSPS) is 12.9. The summed E-state index contributed by atoms with van der Waals surface area (Å²) in [6, 6.07) is 22.4. The van der Waals surface area contributed by atoms with E-state index in [1.54, 1.807) is 0 Å². The molecule has 0 aromatic heterocycles. The van der Waals surface area contributed by atoms with E-state index in [-0.39, 0.29) is 16.7 Å². The maximum atomic E-state index is 10.9. The summed E-state index contributed by atoms with van der Waals surface area (Å²) < 4.78 is 6.49. The fourth-order valence-electron chi connectivity index (χ4n) is 6.50. The van der Waals surface area contributed by atoms with Crippen LogP contribution in [-0.4, -0.2) is 44.5 Å². The molecule has 6 heteroatoms. The second-order valence-corrected chi connectivity index (χ2v) is 26.1. The van der Waals surface area contributed by atoms with Crippen molar-refractivity contribution in [1.82, 2.24) is 0 Å². The number of aliphatic hydroxyl groups is 1. The molecule has 278 valence electrons. The van der Waals surface area contributed by atoms with Crippen LogP contribution in [0.3, 0.4) is 0 Å². The molecular weight excluding hydrogens is 649 g/mol. The fraction of sp³-hybridized carbons (Fsp3) is 0.591. The molecule has 0 saturated heterocycles. The van der Waals surface area contributed by atoms with Gasteiger partial charge in [-0.25, -0.2) is 0 Å². The molecule has 4 nitrogen and oxygen atoms in total. The Kier molecular flexibility index (Phi) is 15.6. The van der Waals surface area contributed by atoms with Crippen molar-refractivity contribution in [1.29, 1.82) is 0 Å². The molecule has 50 heavy (non-hydrogen) atoms. The van der Waals surface area contributed by atoms with Gasteiger partial charge in [-0.1, -0.05) is 116 Å². The number of aryl methyl sites for hydroxylation is 2. The molecule has 0 amide bonds. The van der Waals surface area contributed by atoms with Crippen molar-refractivity contribution in [3.63, 3.8) is 0 Å². The Balaban J connectivity index is 1.76. The molecular formula is C44H70O4Si2. The van der Waals surface area contributed by atoms with Crippen LogP contribution >= 0.6 is 0 Å². The van der Waals surface area contributed by atoms with Crippen molar-refractivity contribution in [3.05, 3.63) is 77.4 Å². The molecule has 0 aliphatic heterocycles. The molecule has 0 aliphatic rings. The predicted molar refractivity (Wildman–Crippen MR) is 220 cm³/mol. The lowest BCUT2D eigenvalue weighted by Crippen LogP contribution is -2.40. The lowest BCUT2D eigenvalue weighted by atomic mass is 9.88. The van der Waals surface area contributed by atoms with Gasteiger partial charge in [-0.3, -0.25) is 0 Å². The molecule has 0 spiro atoms. The highest BCUT2D eigenvalue weighted by Gasteiger charge is 2.40. The Morgan fingerprint density at radius 1 is 0.660 bits per heavy atom. The van der Waals surface area contributed by atoms with Crippen LogP contribution in [0.25, 0.3) is 22.3 Å². The lowest BCUT2D eigenvalue weighted by molar-refractivity contribution is 0.246. The van der Waals surface area contributed by atoms with Crippen molar-refractivity contribution in [2.45, 2.75) is 148 Å². The Morgan fingerprint density at radius 3 is 1.76 bits per heavy atom. The molecule has 0 saturated carbocycles. The fourth-order valence-corrected chi connectivity index (χ4v) is 8.02. The highest BCUT2D eigenvalue weighted by molar-refractivity contribution is 6.73. The van der Waals surface area contributed by atoms with E-state index >= 15 is 0 Å². The molecule has 3 aromatic carbocycles. The number of unbranched alkanes of at least 4 members (excludes halogenated alkanes) is 2. The minimum absolute atomic E-state index is 0.0647. The zero-order valence-electron chi connectivity index (χ0n) is 33.3. The van der Waals surface area contributed by atoms with Gasteiger partial charge in [0.15, 0.2) is 16.6 Å². The third kappa shape index (κ3) is 11.9. The van der Waals surface area contributed by atoms with E-state index in [0.29, 0.717) is 18.9 Å². The number of benzene rings is 3. The zero-order chi connectivity index (χ0) is 37.2. The van der Waals surface area contributed by atoms with E-state index in [0.717, 1.165) is 61.8 Å². The molecule has 3 N–H and O–H groups in total. The van der Waals surface area contributed by atoms with Crippen molar-refractivity contribution in [3.8, 4) is 28.0 Å². The average molecular weight is 719 g/mol. The van der Waals surface area contributed by atoms with Crippen LogP contribution in [0.5, 0.6) is 5.75 Å². The summed E-state index contributed by atoms with van der Waals surface area (Å²) >= 11 is 0. The van der Waals surface area contributed by atoms with Crippen LogP contribution in [0.1, 0.15) is 110 Å². The summed E-state index contributed by atoms with van der Waals surface area (Å²) in [5, 5.41) is 9.87. The summed E-state index contributed by atoms with van der Waals surface area (Å²) in [6.07, 6.45) is 11.4. The Bertz CT molecular complexity index is 1430. The van der Waals surface area contributed by atoms with E-state index in [2.05, 4.69) is 102 Å². The van der Waals surface area contributed by atoms with E-state index < -0.39 is 16.6 Å². The number of rotatable bonds is 21. The molecule has 3 rings (SSSR count). The van der Waals surface area contributed by atoms with Gasteiger partial charge in [-0.05, 0) is 138 Å². The third-order valence-corrected chi connectivity index (χ3v) is 19.2. The summed E-state index contributed by atoms with van der Waals surface area (Å²) in [7, 11) is -4.60. The predicted octanol–water partition coefficient (Wildman–Crippen LogP) is 11.8. The molecule has 3 aromatic rings. The quantitative estimate of drug-likeness (QED) is 0.0757. The number of aliphatic hydroxyl groups excluding tert-OH is 1. The van der Waals surface area contributed by atoms with Crippen LogP contribution in [0.2, 0.25) is 36.3 Å². The van der Waals surface area contributed by atoms with Gasteiger partial charge in [-0.2, -0.15) is 0 Å². The second kappa shape index (κ2) is 18.5. The number of hydrogen-bond donors (Lipinski definition) is 3. The first kappa shape index (κ1) is 42.2. The summed E-state index contributed by atoms with van der Waals surface area (Å²) in [5.74, 6) is 1.30. The van der Waals surface area contributed by atoms with Gasteiger partial charge in [0.25, 0.3) is 0 Å². The number of ether oxygens (including phenoxy) is 1. The van der Waals surface area contributed by atoms with Crippen molar-refractivity contribution >= 4 is 16.6 Å². The first-order chi connectivity index (χ1) is 23.4. The highest BCUT2D eigenvalue weighted by Crippen LogP contribution is 2.45.